The molecule has 108 valence electrons. The van der Waals surface area contributed by atoms with Crippen molar-refractivity contribution in [3.8, 4) is 0 Å². The highest BCUT2D eigenvalue weighted by Gasteiger charge is 2.18. The van der Waals surface area contributed by atoms with Crippen LogP contribution in [0.1, 0.15) is 27.7 Å². The third kappa shape index (κ3) is 11.8. The molecule has 8 heteroatoms. The topological polar surface area (TPSA) is 93.7 Å². The van der Waals surface area contributed by atoms with Gasteiger partial charge in [0.1, 0.15) is 6.61 Å². The first-order valence-corrected chi connectivity index (χ1v) is 7.10. The van der Waals surface area contributed by atoms with Gasteiger partial charge in [0.15, 0.2) is 0 Å². The first kappa shape index (κ1) is 17.3. The molecule has 0 fully saturated rings. The van der Waals surface area contributed by atoms with E-state index in [2.05, 4.69) is 14.2 Å². The first-order valence-electron chi connectivity index (χ1n) is 5.62. The number of hydrogen-bond donors (Lipinski definition) is 2. The summed E-state index contributed by atoms with van der Waals surface area (Å²) in [5, 5.41) is 0. The van der Waals surface area contributed by atoms with Gasteiger partial charge in [-0.05, 0) is 20.8 Å². The van der Waals surface area contributed by atoms with Gasteiger partial charge in [-0.25, -0.2) is 0 Å². The highest BCUT2D eigenvalue weighted by molar-refractivity contribution is 7.87. The molecule has 0 unspecified atom stereocenters. The summed E-state index contributed by atoms with van der Waals surface area (Å²) in [6.07, 6.45) is 0. The van der Waals surface area contributed by atoms with E-state index >= 15 is 0 Å². The van der Waals surface area contributed by atoms with Gasteiger partial charge in [-0.1, -0.05) is 0 Å². The molecule has 0 bridgehead atoms. The van der Waals surface area contributed by atoms with Gasteiger partial charge in [-0.3, -0.25) is 4.79 Å². The number of carbonyl (C=O) groups excluding carboxylic acids is 1. The third-order valence-corrected chi connectivity index (χ3v) is 2.98. The number of ether oxygens (including phenoxy) is 2. The number of nitrogens with one attached hydrogen (secondary N) is 2. The smallest absolute Gasteiger partial charge is 0.302 e. The largest absolute Gasteiger partial charge is 0.463 e. The number of hydrogen-bond acceptors (Lipinski definition) is 5. The van der Waals surface area contributed by atoms with Crippen molar-refractivity contribution in [1.29, 1.82) is 0 Å². The normalized spacial score (nSPS) is 12.4. The molecule has 7 nitrogen and oxygen atoms in total. The van der Waals surface area contributed by atoms with Crippen molar-refractivity contribution in [3.05, 3.63) is 0 Å². The molecule has 0 aromatic heterocycles. The molecule has 0 aliphatic rings. The van der Waals surface area contributed by atoms with Crippen molar-refractivity contribution >= 4 is 16.2 Å². The van der Waals surface area contributed by atoms with Crippen LogP contribution in [0.5, 0.6) is 0 Å². The zero-order valence-electron chi connectivity index (χ0n) is 11.3. The molecule has 0 rings (SSSR count). The maximum atomic E-state index is 11.5. The van der Waals surface area contributed by atoms with Crippen molar-refractivity contribution in [3.63, 3.8) is 0 Å². The molecule has 0 aliphatic heterocycles. The van der Waals surface area contributed by atoms with E-state index in [9.17, 15) is 13.2 Å². The average molecular weight is 282 g/mol. The van der Waals surface area contributed by atoms with Gasteiger partial charge in [-0.15, -0.1) is 0 Å². The quantitative estimate of drug-likeness (QED) is 0.474. The van der Waals surface area contributed by atoms with E-state index in [1.165, 1.54) is 6.92 Å². The highest BCUT2D eigenvalue weighted by atomic mass is 32.2. The lowest BCUT2D eigenvalue weighted by molar-refractivity contribution is -0.142. The van der Waals surface area contributed by atoms with E-state index in [1.54, 1.807) is 20.8 Å². The lowest BCUT2D eigenvalue weighted by atomic mass is 10.1. The molecule has 0 radical (unpaired) electrons. The minimum Gasteiger partial charge on any atom is -0.463 e. The van der Waals surface area contributed by atoms with Crippen LogP contribution in [-0.2, 0) is 24.5 Å². The number of esters is 1. The fraction of sp³-hybridized carbons (Fsp3) is 0.900. The van der Waals surface area contributed by atoms with Crippen molar-refractivity contribution in [2.45, 2.75) is 33.2 Å². The van der Waals surface area contributed by atoms with E-state index in [0.29, 0.717) is 0 Å². The summed E-state index contributed by atoms with van der Waals surface area (Å²) in [4.78, 5) is 10.4. The molecular formula is C10H22N2O5S. The fourth-order valence-corrected chi connectivity index (χ4v) is 2.26. The summed E-state index contributed by atoms with van der Waals surface area (Å²) in [5.41, 5.74) is -0.526. The summed E-state index contributed by atoms with van der Waals surface area (Å²) in [6.45, 7) is 7.35. The second kappa shape index (κ2) is 7.67. The molecule has 18 heavy (non-hydrogen) atoms. The predicted octanol–water partition coefficient (Wildman–Crippen LogP) is -0.211. The third-order valence-electron chi connectivity index (χ3n) is 1.51. The zero-order chi connectivity index (χ0) is 14.2. The van der Waals surface area contributed by atoms with E-state index in [-0.39, 0.29) is 32.3 Å². The standard InChI is InChI=1S/C10H22N2O5S/c1-9(13)17-8-7-16-6-5-11-18(14,15)12-10(2,3)4/h11-12H,5-8H2,1-4H3. The van der Waals surface area contributed by atoms with Gasteiger partial charge < -0.3 is 9.47 Å². The lowest BCUT2D eigenvalue weighted by Gasteiger charge is -2.20. The molecule has 0 saturated carbocycles. The van der Waals surface area contributed by atoms with Crippen LogP contribution in [0.2, 0.25) is 0 Å². The first-order chi connectivity index (χ1) is 8.12. The molecule has 2 N–H and O–H groups in total. The Morgan fingerprint density at radius 1 is 1.17 bits per heavy atom. The van der Waals surface area contributed by atoms with Crippen LogP contribution in [0.25, 0.3) is 0 Å². The van der Waals surface area contributed by atoms with Gasteiger partial charge in [0.2, 0.25) is 0 Å². The predicted molar refractivity (Wildman–Crippen MR) is 67.3 cm³/mol. The number of carbonyl (C=O) groups is 1. The van der Waals surface area contributed by atoms with E-state index < -0.39 is 15.7 Å². The maximum Gasteiger partial charge on any atom is 0.302 e. The van der Waals surface area contributed by atoms with Crippen molar-refractivity contribution in [1.82, 2.24) is 9.44 Å². The van der Waals surface area contributed by atoms with E-state index in [1.807, 2.05) is 0 Å². The molecule has 0 heterocycles. The van der Waals surface area contributed by atoms with Gasteiger partial charge in [0.25, 0.3) is 10.2 Å². The SMILES string of the molecule is CC(=O)OCCOCCNS(=O)(=O)NC(C)(C)C. The lowest BCUT2D eigenvalue weighted by Crippen LogP contribution is -2.47. The van der Waals surface area contributed by atoms with Crippen LogP contribution in [-0.4, -0.2) is 46.3 Å². The van der Waals surface area contributed by atoms with Gasteiger partial charge in [0.05, 0.1) is 13.2 Å². The van der Waals surface area contributed by atoms with E-state index in [0.717, 1.165) is 0 Å². The minimum atomic E-state index is -3.51. The summed E-state index contributed by atoms with van der Waals surface area (Å²) in [7, 11) is -3.51. The zero-order valence-corrected chi connectivity index (χ0v) is 12.1. The summed E-state index contributed by atoms with van der Waals surface area (Å²) in [6, 6.07) is 0. The molecule has 0 aromatic rings. The van der Waals surface area contributed by atoms with Crippen LogP contribution in [0.3, 0.4) is 0 Å². The van der Waals surface area contributed by atoms with Crippen LogP contribution in [0.4, 0.5) is 0 Å². The Morgan fingerprint density at radius 3 is 2.28 bits per heavy atom. The summed E-state index contributed by atoms with van der Waals surface area (Å²) >= 11 is 0. The van der Waals surface area contributed by atoms with Crippen molar-refractivity contribution in [2.24, 2.45) is 0 Å². The number of rotatable bonds is 8. The van der Waals surface area contributed by atoms with E-state index in [4.69, 9.17) is 4.74 Å². The van der Waals surface area contributed by atoms with Crippen LogP contribution in [0, 0.1) is 0 Å². The molecule has 0 aromatic carbocycles. The van der Waals surface area contributed by atoms with Crippen molar-refractivity contribution in [2.75, 3.05) is 26.4 Å². The molecule has 0 aliphatic carbocycles. The molecule has 0 spiro atoms. The van der Waals surface area contributed by atoms with Gasteiger partial charge >= 0.3 is 5.97 Å². The average Bonchev–Trinajstić information content (AvgIpc) is 2.11. The Labute approximate surface area is 108 Å². The monoisotopic (exact) mass is 282 g/mol. The van der Waals surface area contributed by atoms with Crippen LogP contribution in [0.15, 0.2) is 0 Å². The Hall–Kier alpha value is -0.700. The Bertz CT molecular complexity index is 348. The van der Waals surface area contributed by atoms with Gasteiger partial charge in [-0.2, -0.15) is 17.9 Å². The Balaban J connectivity index is 3.63. The second-order valence-corrected chi connectivity index (χ2v) is 6.20. The van der Waals surface area contributed by atoms with Gasteiger partial charge in [0, 0.05) is 19.0 Å². The van der Waals surface area contributed by atoms with Crippen LogP contribution < -0.4 is 9.44 Å². The second-order valence-electron chi connectivity index (χ2n) is 4.70. The molecular weight excluding hydrogens is 260 g/mol. The molecule has 0 saturated heterocycles. The van der Waals surface area contributed by atoms with Crippen LogP contribution >= 0.6 is 0 Å². The highest BCUT2D eigenvalue weighted by Crippen LogP contribution is 1.99. The summed E-state index contributed by atoms with van der Waals surface area (Å²) < 4.78 is 37.5. The minimum absolute atomic E-state index is 0.158. The molecule has 0 amide bonds. The van der Waals surface area contributed by atoms with Crippen molar-refractivity contribution < 1.29 is 22.7 Å². The Morgan fingerprint density at radius 2 is 1.78 bits per heavy atom. The summed E-state index contributed by atoms with van der Waals surface area (Å²) in [5.74, 6) is -0.367. The maximum absolute atomic E-state index is 11.5. The fourth-order valence-electron chi connectivity index (χ4n) is 1.03. The Kier molecular flexibility index (Phi) is 7.37. The molecule has 0 atom stereocenters.